The van der Waals surface area contributed by atoms with E-state index in [1.54, 1.807) is 26.5 Å². The van der Waals surface area contributed by atoms with Gasteiger partial charge in [0.15, 0.2) is 11.5 Å². The highest BCUT2D eigenvalue weighted by Crippen LogP contribution is 2.29. The Balaban J connectivity index is 2.07. The van der Waals surface area contributed by atoms with Gasteiger partial charge in [-0.25, -0.2) is 0 Å². The Hall–Kier alpha value is -1.78. The molecule has 2 aromatic rings. The molecule has 1 aromatic carbocycles. The molecule has 5 heteroatoms. The van der Waals surface area contributed by atoms with E-state index in [9.17, 15) is 0 Å². The van der Waals surface area contributed by atoms with Gasteiger partial charge in [0.2, 0.25) is 0 Å². The molecule has 0 radical (unpaired) electrons. The number of hydrogen-bond donors (Lipinski definition) is 1. The molecular formula is C16H19ClN2O2. The van der Waals surface area contributed by atoms with Gasteiger partial charge in [0.1, 0.15) is 0 Å². The van der Waals surface area contributed by atoms with E-state index in [4.69, 9.17) is 21.1 Å². The van der Waals surface area contributed by atoms with Gasteiger partial charge in [-0.2, -0.15) is 0 Å². The SMILES string of the molecule is COc1ccnc(CN[C@H](C)c2ccc(Cl)cc2)c1OC. The molecule has 0 saturated heterocycles. The highest BCUT2D eigenvalue weighted by molar-refractivity contribution is 6.30. The highest BCUT2D eigenvalue weighted by Gasteiger charge is 2.12. The Bertz CT molecular complexity index is 587. The predicted octanol–water partition coefficient (Wildman–Crippen LogP) is 3.60. The van der Waals surface area contributed by atoms with Crippen molar-refractivity contribution >= 4 is 11.6 Å². The van der Waals surface area contributed by atoms with E-state index in [2.05, 4.69) is 17.2 Å². The third-order valence-electron chi connectivity index (χ3n) is 3.31. The first-order chi connectivity index (χ1) is 10.2. The summed E-state index contributed by atoms with van der Waals surface area (Å²) in [5.41, 5.74) is 1.99. The minimum absolute atomic E-state index is 0.181. The standard InChI is InChI=1S/C16H19ClN2O2/c1-11(12-4-6-13(17)7-5-12)19-10-14-16(21-3)15(20-2)8-9-18-14/h4-9,11,19H,10H2,1-3H3/t11-/m1/s1. The molecule has 21 heavy (non-hydrogen) atoms. The molecule has 0 saturated carbocycles. The van der Waals surface area contributed by atoms with Crippen molar-refractivity contribution in [2.24, 2.45) is 0 Å². The fourth-order valence-corrected chi connectivity index (χ4v) is 2.22. The van der Waals surface area contributed by atoms with Crippen LogP contribution < -0.4 is 14.8 Å². The van der Waals surface area contributed by atoms with Crippen molar-refractivity contribution in [1.29, 1.82) is 0 Å². The summed E-state index contributed by atoms with van der Waals surface area (Å²) in [6.07, 6.45) is 1.71. The zero-order valence-corrected chi connectivity index (χ0v) is 13.1. The smallest absolute Gasteiger partial charge is 0.183 e. The van der Waals surface area contributed by atoms with Crippen molar-refractivity contribution in [2.75, 3.05) is 14.2 Å². The van der Waals surface area contributed by atoms with Crippen molar-refractivity contribution in [1.82, 2.24) is 10.3 Å². The van der Waals surface area contributed by atoms with Crippen LogP contribution in [0.2, 0.25) is 5.02 Å². The Morgan fingerprint density at radius 2 is 1.86 bits per heavy atom. The van der Waals surface area contributed by atoms with Gasteiger partial charge in [-0.05, 0) is 24.6 Å². The first kappa shape index (κ1) is 15.6. The van der Waals surface area contributed by atoms with Crippen LogP contribution in [0, 0.1) is 0 Å². The molecule has 1 heterocycles. The van der Waals surface area contributed by atoms with Gasteiger partial charge in [-0.1, -0.05) is 23.7 Å². The summed E-state index contributed by atoms with van der Waals surface area (Å²) in [7, 11) is 3.23. The molecule has 1 N–H and O–H groups in total. The fourth-order valence-electron chi connectivity index (χ4n) is 2.10. The summed E-state index contributed by atoms with van der Waals surface area (Å²) in [5, 5.41) is 4.16. The molecule has 0 aliphatic rings. The molecule has 0 aliphatic carbocycles. The largest absolute Gasteiger partial charge is 0.493 e. The number of nitrogens with one attached hydrogen (secondary N) is 1. The molecule has 2 rings (SSSR count). The molecular weight excluding hydrogens is 288 g/mol. The first-order valence-electron chi connectivity index (χ1n) is 6.70. The quantitative estimate of drug-likeness (QED) is 0.885. The number of nitrogens with zero attached hydrogens (tertiary/aromatic N) is 1. The lowest BCUT2D eigenvalue weighted by atomic mass is 10.1. The van der Waals surface area contributed by atoms with Crippen LogP contribution in [0.5, 0.6) is 11.5 Å². The number of ether oxygens (including phenoxy) is 2. The minimum atomic E-state index is 0.181. The maximum Gasteiger partial charge on any atom is 0.183 e. The lowest BCUT2D eigenvalue weighted by Crippen LogP contribution is -2.19. The normalized spacial score (nSPS) is 12.0. The minimum Gasteiger partial charge on any atom is -0.493 e. The van der Waals surface area contributed by atoms with E-state index in [0.717, 1.165) is 10.7 Å². The second-order valence-corrected chi connectivity index (χ2v) is 5.08. The number of methoxy groups -OCH3 is 2. The Kier molecular flexibility index (Phi) is 5.42. The van der Waals surface area contributed by atoms with E-state index < -0.39 is 0 Å². The third kappa shape index (κ3) is 3.86. The van der Waals surface area contributed by atoms with Crippen LogP contribution in [0.25, 0.3) is 0 Å². The number of hydrogen-bond acceptors (Lipinski definition) is 4. The predicted molar refractivity (Wildman–Crippen MR) is 84.0 cm³/mol. The number of halogens is 1. The second kappa shape index (κ2) is 7.29. The molecule has 0 aliphatic heterocycles. The monoisotopic (exact) mass is 306 g/mol. The molecule has 0 unspecified atom stereocenters. The van der Waals surface area contributed by atoms with Crippen molar-refractivity contribution in [3.63, 3.8) is 0 Å². The lowest BCUT2D eigenvalue weighted by Gasteiger charge is -2.16. The molecule has 112 valence electrons. The van der Waals surface area contributed by atoms with Crippen LogP contribution in [-0.4, -0.2) is 19.2 Å². The zero-order chi connectivity index (χ0) is 15.2. The molecule has 0 spiro atoms. The maximum absolute atomic E-state index is 5.90. The number of benzene rings is 1. The fraction of sp³-hybridized carbons (Fsp3) is 0.312. The average molecular weight is 307 g/mol. The molecule has 0 amide bonds. The van der Waals surface area contributed by atoms with Gasteiger partial charge in [-0.15, -0.1) is 0 Å². The zero-order valence-electron chi connectivity index (χ0n) is 12.4. The van der Waals surface area contributed by atoms with Crippen molar-refractivity contribution in [3.8, 4) is 11.5 Å². The summed E-state index contributed by atoms with van der Waals surface area (Å²) < 4.78 is 10.7. The number of aromatic nitrogens is 1. The van der Waals surface area contributed by atoms with Crippen molar-refractivity contribution < 1.29 is 9.47 Å². The van der Waals surface area contributed by atoms with E-state index in [1.807, 2.05) is 24.3 Å². The number of pyridine rings is 1. The summed E-state index contributed by atoms with van der Waals surface area (Å²) in [5.74, 6) is 1.35. The van der Waals surface area contributed by atoms with E-state index in [1.165, 1.54) is 5.56 Å². The van der Waals surface area contributed by atoms with Crippen molar-refractivity contribution in [3.05, 3.63) is 52.8 Å². The summed E-state index contributed by atoms with van der Waals surface area (Å²) in [6.45, 7) is 2.68. The van der Waals surface area contributed by atoms with Crippen LogP contribution in [0.1, 0.15) is 24.2 Å². The van der Waals surface area contributed by atoms with Gasteiger partial charge in [0.05, 0.1) is 19.9 Å². The van der Waals surface area contributed by atoms with Gasteiger partial charge in [0.25, 0.3) is 0 Å². The highest BCUT2D eigenvalue weighted by atomic mass is 35.5. The van der Waals surface area contributed by atoms with Gasteiger partial charge in [0, 0.05) is 29.9 Å². The van der Waals surface area contributed by atoms with Crippen molar-refractivity contribution in [2.45, 2.75) is 19.5 Å². The molecule has 0 bridgehead atoms. The van der Waals surface area contributed by atoms with E-state index in [-0.39, 0.29) is 6.04 Å². The molecule has 4 nitrogen and oxygen atoms in total. The molecule has 1 atom stereocenters. The van der Waals surface area contributed by atoms with Crippen LogP contribution in [0.3, 0.4) is 0 Å². The Morgan fingerprint density at radius 1 is 1.14 bits per heavy atom. The topological polar surface area (TPSA) is 43.4 Å². The third-order valence-corrected chi connectivity index (χ3v) is 3.56. The van der Waals surface area contributed by atoms with E-state index >= 15 is 0 Å². The lowest BCUT2D eigenvalue weighted by molar-refractivity contribution is 0.347. The van der Waals surface area contributed by atoms with Crippen LogP contribution in [-0.2, 0) is 6.54 Å². The molecule has 0 fully saturated rings. The summed E-state index contributed by atoms with van der Waals surface area (Å²) in [6, 6.07) is 9.76. The Labute approximate surface area is 130 Å². The number of rotatable bonds is 6. The van der Waals surface area contributed by atoms with Crippen LogP contribution >= 0.6 is 11.6 Å². The second-order valence-electron chi connectivity index (χ2n) is 4.65. The van der Waals surface area contributed by atoms with Gasteiger partial charge >= 0.3 is 0 Å². The van der Waals surface area contributed by atoms with E-state index in [0.29, 0.717) is 18.0 Å². The van der Waals surface area contributed by atoms with Gasteiger partial charge in [-0.3, -0.25) is 4.98 Å². The van der Waals surface area contributed by atoms with Crippen LogP contribution in [0.15, 0.2) is 36.5 Å². The Morgan fingerprint density at radius 3 is 2.48 bits per heavy atom. The molecule has 1 aromatic heterocycles. The van der Waals surface area contributed by atoms with Gasteiger partial charge < -0.3 is 14.8 Å². The van der Waals surface area contributed by atoms with Crippen LogP contribution in [0.4, 0.5) is 0 Å². The average Bonchev–Trinajstić information content (AvgIpc) is 2.52. The summed E-state index contributed by atoms with van der Waals surface area (Å²) in [4.78, 5) is 4.35. The summed E-state index contributed by atoms with van der Waals surface area (Å²) >= 11 is 5.90. The first-order valence-corrected chi connectivity index (χ1v) is 7.08. The maximum atomic E-state index is 5.90.